The second-order valence-electron chi connectivity index (χ2n) is 7.62. The van der Waals surface area contributed by atoms with Gasteiger partial charge in [-0.05, 0) is 74.4 Å². The average molecular weight is 411 g/mol. The van der Waals surface area contributed by atoms with Crippen LogP contribution in [-0.4, -0.2) is 38.5 Å². The molecule has 0 bridgehead atoms. The third-order valence-corrected chi connectivity index (χ3v) is 5.06. The first-order valence-corrected chi connectivity index (χ1v) is 10.4. The van der Waals surface area contributed by atoms with Crippen LogP contribution in [0.25, 0.3) is 0 Å². The number of rotatable bonds is 9. The molecule has 1 aliphatic carbocycles. The highest BCUT2D eigenvalue weighted by molar-refractivity contribution is 6.45. The standard InChI is InChI=1S/C24H30N2O4/c1-16(2)30-21-11-8-17(14-22(21)28-3)12-13-25-24(27)23(26-29-4)20-10-9-18-6-5-7-19(18)15-20/h8-11,14-16H,5-7,12-13H2,1-4H3,(H,25,27). The van der Waals surface area contributed by atoms with Gasteiger partial charge in [0.05, 0.1) is 13.2 Å². The van der Waals surface area contributed by atoms with Gasteiger partial charge in [-0.25, -0.2) is 0 Å². The van der Waals surface area contributed by atoms with Gasteiger partial charge >= 0.3 is 0 Å². The summed E-state index contributed by atoms with van der Waals surface area (Å²) in [5, 5.41) is 6.92. The van der Waals surface area contributed by atoms with E-state index in [1.165, 1.54) is 18.2 Å². The Balaban J connectivity index is 1.63. The topological polar surface area (TPSA) is 69.2 Å². The maximum Gasteiger partial charge on any atom is 0.273 e. The monoisotopic (exact) mass is 410 g/mol. The molecule has 2 aromatic carbocycles. The smallest absolute Gasteiger partial charge is 0.273 e. The number of fused-ring (bicyclic) bond motifs is 1. The number of carbonyl (C=O) groups excluding carboxylic acids is 1. The van der Waals surface area contributed by atoms with Crippen molar-refractivity contribution in [1.82, 2.24) is 5.32 Å². The first-order valence-electron chi connectivity index (χ1n) is 10.4. The maximum absolute atomic E-state index is 12.8. The summed E-state index contributed by atoms with van der Waals surface area (Å²) in [7, 11) is 3.08. The number of carbonyl (C=O) groups is 1. The van der Waals surface area contributed by atoms with Gasteiger partial charge < -0.3 is 19.6 Å². The Kier molecular flexibility index (Phi) is 7.33. The largest absolute Gasteiger partial charge is 0.493 e. The zero-order valence-corrected chi connectivity index (χ0v) is 18.2. The van der Waals surface area contributed by atoms with E-state index in [4.69, 9.17) is 14.3 Å². The molecule has 0 atom stereocenters. The molecule has 0 unspecified atom stereocenters. The van der Waals surface area contributed by atoms with Crippen molar-refractivity contribution in [2.75, 3.05) is 20.8 Å². The molecule has 3 rings (SSSR count). The molecule has 1 aliphatic rings. The highest BCUT2D eigenvalue weighted by Gasteiger charge is 2.18. The second kappa shape index (κ2) is 10.1. The summed E-state index contributed by atoms with van der Waals surface area (Å²) in [6.07, 6.45) is 4.04. The summed E-state index contributed by atoms with van der Waals surface area (Å²) in [5.41, 5.74) is 4.78. The minimum atomic E-state index is -0.249. The molecule has 0 saturated heterocycles. The predicted molar refractivity (Wildman–Crippen MR) is 117 cm³/mol. The SMILES string of the molecule is CON=C(C(=O)NCCc1ccc(OC(C)C)c(OC)c1)c1ccc2c(c1)CCC2. The van der Waals surface area contributed by atoms with Crippen LogP contribution >= 0.6 is 0 Å². The first-order chi connectivity index (χ1) is 14.5. The summed E-state index contributed by atoms with van der Waals surface area (Å²) in [6, 6.07) is 11.9. The van der Waals surface area contributed by atoms with E-state index < -0.39 is 0 Å². The normalized spacial score (nSPS) is 13.2. The van der Waals surface area contributed by atoms with Gasteiger partial charge in [0.1, 0.15) is 7.11 Å². The number of nitrogens with one attached hydrogen (secondary N) is 1. The molecular weight excluding hydrogens is 380 g/mol. The Bertz CT molecular complexity index is 921. The Morgan fingerprint density at radius 1 is 1.07 bits per heavy atom. The van der Waals surface area contributed by atoms with E-state index in [-0.39, 0.29) is 12.0 Å². The van der Waals surface area contributed by atoms with Crippen LogP contribution in [0.3, 0.4) is 0 Å². The van der Waals surface area contributed by atoms with E-state index in [0.717, 1.165) is 30.4 Å². The summed E-state index contributed by atoms with van der Waals surface area (Å²) < 4.78 is 11.2. The molecule has 6 nitrogen and oxygen atoms in total. The quantitative estimate of drug-likeness (QED) is 0.506. The molecular formula is C24H30N2O4. The molecule has 0 saturated carbocycles. The number of aryl methyl sites for hydroxylation is 2. The number of benzene rings is 2. The third-order valence-electron chi connectivity index (χ3n) is 5.06. The van der Waals surface area contributed by atoms with Crippen LogP contribution < -0.4 is 14.8 Å². The fraction of sp³-hybridized carbons (Fsp3) is 0.417. The highest BCUT2D eigenvalue weighted by Crippen LogP contribution is 2.29. The molecule has 0 radical (unpaired) electrons. The Morgan fingerprint density at radius 3 is 2.60 bits per heavy atom. The molecule has 160 valence electrons. The van der Waals surface area contributed by atoms with Gasteiger partial charge in [0.15, 0.2) is 17.2 Å². The van der Waals surface area contributed by atoms with Crippen molar-refractivity contribution in [3.05, 3.63) is 58.7 Å². The lowest BCUT2D eigenvalue weighted by molar-refractivity contribution is -0.114. The Hall–Kier alpha value is -3.02. The molecule has 0 spiro atoms. The maximum atomic E-state index is 12.8. The minimum Gasteiger partial charge on any atom is -0.493 e. The molecule has 1 amide bonds. The highest BCUT2D eigenvalue weighted by atomic mass is 16.6. The molecule has 0 aromatic heterocycles. The van der Waals surface area contributed by atoms with E-state index in [1.807, 2.05) is 38.1 Å². The summed E-state index contributed by atoms with van der Waals surface area (Å²) in [4.78, 5) is 17.7. The number of amides is 1. The van der Waals surface area contributed by atoms with Crippen LogP contribution in [0, 0.1) is 0 Å². The van der Waals surface area contributed by atoms with Gasteiger partial charge in [0.25, 0.3) is 5.91 Å². The van der Waals surface area contributed by atoms with Crippen molar-refractivity contribution < 1.29 is 19.1 Å². The van der Waals surface area contributed by atoms with Crippen molar-refractivity contribution in [3.63, 3.8) is 0 Å². The van der Waals surface area contributed by atoms with Gasteiger partial charge in [-0.2, -0.15) is 0 Å². The molecule has 2 aromatic rings. The molecule has 6 heteroatoms. The number of oxime groups is 1. The van der Waals surface area contributed by atoms with E-state index in [9.17, 15) is 4.79 Å². The summed E-state index contributed by atoms with van der Waals surface area (Å²) >= 11 is 0. The van der Waals surface area contributed by atoms with E-state index >= 15 is 0 Å². The number of ether oxygens (including phenoxy) is 2. The molecule has 0 heterocycles. The molecule has 0 fully saturated rings. The van der Waals surface area contributed by atoms with E-state index in [2.05, 4.69) is 22.6 Å². The minimum absolute atomic E-state index is 0.0711. The van der Waals surface area contributed by atoms with Crippen LogP contribution in [0.5, 0.6) is 11.5 Å². The number of methoxy groups -OCH3 is 1. The lowest BCUT2D eigenvalue weighted by atomic mass is 10.0. The van der Waals surface area contributed by atoms with Crippen LogP contribution in [-0.2, 0) is 28.9 Å². The number of hydrogen-bond acceptors (Lipinski definition) is 5. The van der Waals surface area contributed by atoms with Gasteiger partial charge in [-0.3, -0.25) is 4.79 Å². The van der Waals surface area contributed by atoms with Crippen LogP contribution in [0.2, 0.25) is 0 Å². The average Bonchev–Trinajstić information content (AvgIpc) is 3.20. The van der Waals surface area contributed by atoms with Gasteiger partial charge in [0, 0.05) is 12.1 Å². The summed E-state index contributed by atoms with van der Waals surface area (Å²) in [5.74, 6) is 1.15. The van der Waals surface area contributed by atoms with Crippen LogP contribution in [0.15, 0.2) is 41.6 Å². The Morgan fingerprint density at radius 2 is 1.87 bits per heavy atom. The van der Waals surface area contributed by atoms with Crippen molar-refractivity contribution in [1.29, 1.82) is 0 Å². The second-order valence-corrected chi connectivity index (χ2v) is 7.62. The summed E-state index contributed by atoms with van der Waals surface area (Å²) in [6.45, 7) is 4.42. The van der Waals surface area contributed by atoms with Crippen molar-refractivity contribution in [2.45, 2.75) is 45.6 Å². The lowest BCUT2D eigenvalue weighted by Gasteiger charge is -2.14. The van der Waals surface area contributed by atoms with Crippen molar-refractivity contribution >= 4 is 11.6 Å². The van der Waals surface area contributed by atoms with E-state index in [1.54, 1.807) is 7.11 Å². The van der Waals surface area contributed by atoms with Gasteiger partial charge in [0.2, 0.25) is 0 Å². The van der Waals surface area contributed by atoms with Crippen molar-refractivity contribution in [3.8, 4) is 11.5 Å². The predicted octanol–water partition coefficient (Wildman–Crippen LogP) is 3.68. The molecule has 1 N–H and O–H groups in total. The first kappa shape index (κ1) is 21.7. The van der Waals surface area contributed by atoms with E-state index in [0.29, 0.717) is 30.2 Å². The fourth-order valence-electron chi connectivity index (χ4n) is 3.66. The molecule has 30 heavy (non-hydrogen) atoms. The van der Waals surface area contributed by atoms with Gasteiger partial charge in [-0.15, -0.1) is 0 Å². The number of nitrogens with zero attached hydrogens (tertiary/aromatic N) is 1. The Labute approximate surface area is 178 Å². The zero-order chi connectivity index (χ0) is 21.5. The van der Waals surface area contributed by atoms with Crippen LogP contribution in [0.1, 0.15) is 42.5 Å². The third kappa shape index (κ3) is 5.32. The van der Waals surface area contributed by atoms with Crippen molar-refractivity contribution in [2.24, 2.45) is 5.16 Å². The van der Waals surface area contributed by atoms with Crippen LogP contribution in [0.4, 0.5) is 0 Å². The number of hydrogen-bond donors (Lipinski definition) is 1. The fourth-order valence-corrected chi connectivity index (χ4v) is 3.66. The zero-order valence-electron chi connectivity index (χ0n) is 18.2. The van der Waals surface area contributed by atoms with Gasteiger partial charge in [-0.1, -0.05) is 23.4 Å². The molecule has 0 aliphatic heterocycles. The lowest BCUT2D eigenvalue weighted by Crippen LogP contribution is -2.33.